The highest BCUT2D eigenvalue weighted by atomic mass is 28.4. The predicted molar refractivity (Wildman–Crippen MR) is 176 cm³/mol. The van der Waals surface area contributed by atoms with Gasteiger partial charge in [-0.15, -0.1) is 0 Å². The minimum absolute atomic E-state index is 0.00458. The first kappa shape index (κ1) is 35.5. The third kappa shape index (κ3) is 6.26. The molecular formula is C34H35F4N5O5Si. The lowest BCUT2D eigenvalue weighted by atomic mass is 9.98. The average molecular weight is 698 g/mol. The Hall–Kier alpha value is -4.81. The van der Waals surface area contributed by atoms with Crippen molar-refractivity contribution in [1.29, 1.82) is 5.26 Å². The molecule has 2 aromatic heterocycles. The summed E-state index contributed by atoms with van der Waals surface area (Å²) in [6.07, 6.45) is -6.15. The summed E-state index contributed by atoms with van der Waals surface area (Å²) in [6, 6.07) is 9.93. The number of nitriles is 1. The topological polar surface area (TPSA) is 131 Å². The zero-order chi connectivity index (χ0) is 36.3. The van der Waals surface area contributed by atoms with E-state index in [1.807, 2.05) is 6.07 Å². The molecule has 1 amide bonds. The van der Waals surface area contributed by atoms with Crippen LogP contribution in [0.4, 0.5) is 22.4 Å². The van der Waals surface area contributed by atoms with Crippen LogP contribution in [0.3, 0.4) is 0 Å². The fourth-order valence-corrected chi connectivity index (χ4v) is 7.32. The molecule has 3 heterocycles. The van der Waals surface area contributed by atoms with E-state index in [0.717, 1.165) is 10.6 Å². The monoisotopic (exact) mass is 697 g/mol. The van der Waals surface area contributed by atoms with Crippen LogP contribution >= 0.6 is 0 Å². The summed E-state index contributed by atoms with van der Waals surface area (Å²) < 4.78 is 72.8. The molecule has 0 aliphatic carbocycles. The van der Waals surface area contributed by atoms with E-state index in [4.69, 9.17) is 14.1 Å². The fraction of sp³-hybridized carbons (Fsp3) is 0.382. The van der Waals surface area contributed by atoms with Crippen LogP contribution in [0.25, 0.3) is 27.7 Å². The molecule has 49 heavy (non-hydrogen) atoms. The van der Waals surface area contributed by atoms with Gasteiger partial charge in [0.15, 0.2) is 25.5 Å². The summed E-state index contributed by atoms with van der Waals surface area (Å²) in [5, 5.41) is 19.4. The summed E-state index contributed by atoms with van der Waals surface area (Å²) in [5.74, 6) is -1.44. The van der Waals surface area contributed by atoms with Crippen LogP contribution in [0.5, 0.6) is 5.75 Å². The first-order valence-electron chi connectivity index (χ1n) is 15.3. The maximum Gasteiger partial charge on any atom is 0.418 e. The van der Waals surface area contributed by atoms with E-state index in [1.165, 1.54) is 37.6 Å². The number of hydrogen-bond acceptors (Lipinski definition) is 7. The smallest absolute Gasteiger partial charge is 0.418 e. The van der Waals surface area contributed by atoms with Crippen molar-refractivity contribution < 1.29 is 36.6 Å². The number of alkyl halides is 3. The maximum absolute atomic E-state index is 15.2. The zero-order valence-corrected chi connectivity index (χ0v) is 28.9. The second-order valence-corrected chi connectivity index (χ2v) is 18.4. The number of carbonyl (C=O) groups is 1. The van der Waals surface area contributed by atoms with Gasteiger partial charge in [0.05, 0.1) is 47.9 Å². The van der Waals surface area contributed by atoms with Crippen molar-refractivity contribution in [3.05, 3.63) is 81.9 Å². The Kier molecular flexibility index (Phi) is 8.88. The lowest BCUT2D eigenvalue weighted by Gasteiger charge is -2.44. The van der Waals surface area contributed by atoms with Crippen molar-refractivity contribution in [1.82, 2.24) is 19.4 Å². The highest BCUT2D eigenvalue weighted by Gasteiger charge is 2.66. The molecule has 5 rings (SSSR count). The van der Waals surface area contributed by atoms with Crippen molar-refractivity contribution >= 4 is 25.3 Å². The third-order valence-electron chi connectivity index (χ3n) is 9.39. The van der Waals surface area contributed by atoms with Gasteiger partial charge in [-0.25, -0.2) is 14.2 Å². The summed E-state index contributed by atoms with van der Waals surface area (Å²) >= 11 is 0. The molecule has 1 aliphatic heterocycles. The van der Waals surface area contributed by atoms with Crippen LogP contribution in [0.15, 0.2) is 53.5 Å². The number of pyridine rings is 1. The van der Waals surface area contributed by atoms with E-state index in [9.17, 15) is 20.0 Å². The van der Waals surface area contributed by atoms with Gasteiger partial charge in [0.25, 0.3) is 5.56 Å². The number of amides is 1. The largest absolute Gasteiger partial charge is 0.494 e. The highest BCUT2D eigenvalue weighted by molar-refractivity contribution is 6.74. The molecular weight excluding hydrogens is 662 g/mol. The second-order valence-electron chi connectivity index (χ2n) is 13.6. The van der Waals surface area contributed by atoms with Crippen LogP contribution in [0.2, 0.25) is 18.1 Å². The first-order chi connectivity index (χ1) is 22.7. The number of likely N-dealkylation sites (tertiary alicyclic amines) is 1. The molecule has 1 N–H and O–H groups in total. The van der Waals surface area contributed by atoms with Gasteiger partial charge in [-0.2, -0.15) is 18.4 Å². The van der Waals surface area contributed by atoms with Gasteiger partial charge in [-0.05, 0) is 55.4 Å². The van der Waals surface area contributed by atoms with Gasteiger partial charge >= 0.3 is 12.3 Å². The second kappa shape index (κ2) is 12.3. The minimum Gasteiger partial charge on any atom is -0.494 e. The Morgan fingerprint density at radius 2 is 1.84 bits per heavy atom. The Bertz CT molecular complexity index is 2050. The SMILES string of the molecule is COc1ccc(-n2c([C@@H]3C[C@@](O[Si](C)(C)C(C)(C)C)(C(F)(F)F)CN3C(=O)O)nc3c(-c4ccc(C)nc4)cc(C#N)cc3c2=O)cc1F. The summed E-state index contributed by atoms with van der Waals surface area (Å²) in [4.78, 5) is 36.9. The predicted octanol–water partition coefficient (Wildman–Crippen LogP) is 7.52. The molecule has 0 bridgehead atoms. The fourth-order valence-electron chi connectivity index (χ4n) is 5.77. The number of ether oxygens (including phenoxy) is 1. The number of fused-ring (bicyclic) bond motifs is 1. The van der Waals surface area contributed by atoms with Crippen molar-refractivity contribution in [3.63, 3.8) is 0 Å². The quantitative estimate of drug-likeness (QED) is 0.162. The van der Waals surface area contributed by atoms with E-state index < -0.39 is 61.6 Å². The van der Waals surface area contributed by atoms with E-state index in [1.54, 1.807) is 52.9 Å². The van der Waals surface area contributed by atoms with Crippen LogP contribution in [0, 0.1) is 24.1 Å². The van der Waals surface area contributed by atoms with Gasteiger partial charge in [0, 0.05) is 35.5 Å². The molecule has 0 unspecified atom stereocenters. The van der Waals surface area contributed by atoms with E-state index in [-0.39, 0.29) is 39.3 Å². The molecule has 1 fully saturated rings. The lowest BCUT2D eigenvalue weighted by molar-refractivity contribution is -0.247. The minimum atomic E-state index is -5.03. The van der Waals surface area contributed by atoms with Gasteiger partial charge < -0.3 is 14.3 Å². The molecule has 1 aliphatic rings. The van der Waals surface area contributed by atoms with Crippen molar-refractivity contribution in [2.45, 2.75) is 70.1 Å². The number of rotatable bonds is 6. The number of aryl methyl sites for hydroxylation is 1. The number of methoxy groups -OCH3 is 1. The van der Waals surface area contributed by atoms with E-state index in [2.05, 4.69) is 4.98 Å². The van der Waals surface area contributed by atoms with Crippen LogP contribution < -0.4 is 10.3 Å². The molecule has 258 valence electrons. The Morgan fingerprint density at radius 1 is 1.14 bits per heavy atom. The Labute approximate surface area is 280 Å². The van der Waals surface area contributed by atoms with Crippen molar-refractivity contribution in [2.24, 2.45) is 0 Å². The van der Waals surface area contributed by atoms with Gasteiger partial charge in [-0.1, -0.05) is 26.8 Å². The number of aromatic nitrogens is 3. The number of benzene rings is 2. The van der Waals surface area contributed by atoms with Gasteiger partial charge in [-0.3, -0.25) is 19.2 Å². The number of carboxylic acid groups (broad SMARTS) is 1. The Morgan fingerprint density at radius 3 is 2.37 bits per heavy atom. The molecule has 10 nitrogen and oxygen atoms in total. The first-order valence-corrected chi connectivity index (χ1v) is 18.2. The van der Waals surface area contributed by atoms with Crippen LogP contribution in [0.1, 0.15) is 50.3 Å². The molecule has 15 heteroatoms. The molecule has 0 spiro atoms. The molecule has 2 atom stereocenters. The number of halogens is 4. The summed E-state index contributed by atoms with van der Waals surface area (Å²) in [5.41, 5.74) is -2.48. The normalized spacial score (nSPS) is 18.5. The van der Waals surface area contributed by atoms with Crippen molar-refractivity contribution in [3.8, 4) is 28.6 Å². The van der Waals surface area contributed by atoms with Crippen molar-refractivity contribution in [2.75, 3.05) is 13.7 Å². The lowest BCUT2D eigenvalue weighted by Crippen LogP contribution is -2.58. The summed E-state index contributed by atoms with van der Waals surface area (Å²) in [7, 11) is -1.96. The molecule has 4 aromatic rings. The molecule has 0 radical (unpaired) electrons. The van der Waals surface area contributed by atoms with E-state index >= 15 is 17.6 Å². The molecule has 1 saturated heterocycles. The summed E-state index contributed by atoms with van der Waals surface area (Å²) in [6.45, 7) is 9.25. The number of nitrogens with zero attached hydrogens (tertiary/aromatic N) is 5. The maximum atomic E-state index is 15.2. The van der Waals surface area contributed by atoms with Crippen LogP contribution in [-0.2, 0) is 4.43 Å². The number of hydrogen-bond donors (Lipinski definition) is 1. The highest BCUT2D eigenvalue weighted by Crippen LogP contribution is 2.52. The molecule has 0 saturated carbocycles. The van der Waals surface area contributed by atoms with Gasteiger partial charge in [0.1, 0.15) is 5.82 Å². The standard InChI is InChI=1S/C34H35F4N5O5Si/c1-19-8-9-21(17-40-19)23-12-20(16-39)13-24-28(23)41-29(43(30(24)44)22-10-11-27(47-5)25(35)14-22)26-15-33(34(36,37)38,18-42(26)31(45)46)48-49(6,7)32(2,3)4/h8-14,17,26H,15,18H2,1-7H3,(H,45,46)/t26-,33-/m0/s1. The average Bonchev–Trinajstić information content (AvgIpc) is 3.41. The molecule has 2 aromatic carbocycles. The van der Waals surface area contributed by atoms with E-state index in [0.29, 0.717) is 16.2 Å². The van der Waals surface area contributed by atoms with Crippen LogP contribution in [-0.4, -0.2) is 64.4 Å². The van der Waals surface area contributed by atoms with Gasteiger partial charge in [0.2, 0.25) is 0 Å². The zero-order valence-electron chi connectivity index (χ0n) is 27.9. The third-order valence-corrected chi connectivity index (χ3v) is 13.9. The Balaban J connectivity index is 1.88.